The Balaban J connectivity index is 1.61. The van der Waals surface area contributed by atoms with Crippen molar-refractivity contribution >= 4 is 26.7 Å². The molecule has 4 heteroatoms. The molecule has 0 N–H and O–H groups in total. The average molecular weight is 361 g/mol. The SMILES string of the molecule is O=C(CC(=O)c1ccccc1)OCC[Se]Cc1ccccc1. The second kappa shape index (κ2) is 9.19. The summed E-state index contributed by atoms with van der Waals surface area (Å²) in [5, 5.41) is 1.90. The number of rotatable bonds is 8. The predicted octanol–water partition coefficient (Wildman–Crippen LogP) is 3.13. The van der Waals surface area contributed by atoms with Crippen LogP contribution >= 0.6 is 0 Å². The first-order valence-corrected chi connectivity index (χ1v) is 9.53. The molecule has 0 amide bonds. The van der Waals surface area contributed by atoms with Gasteiger partial charge in [0.05, 0.1) is 0 Å². The molecule has 0 spiro atoms. The van der Waals surface area contributed by atoms with Crippen LogP contribution in [-0.4, -0.2) is 33.3 Å². The first-order valence-electron chi connectivity index (χ1n) is 7.11. The van der Waals surface area contributed by atoms with E-state index >= 15 is 0 Å². The Kier molecular flexibility index (Phi) is 6.88. The minimum absolute atomic E-state index is 0.185. The Morgan fingerprint density at radius 3 is 2.23 bits per heavy atom. The van der Waals surface area contributed by atoms with Crippen LogP contribution in [0.15, 0.2) is 60.7 Å². The maximum absolute atomic E-state index is 11.8. The summed E-state index contributed by atoms with van der Waals surface area (Å²) in [6.45, 7) is 0.397. The van der Waals surface area contributed by atoms with Gasteiger partial charge in [-0.05, 0) is 0 Å². The van der Waals surface area contributed by atoms with Crippen molar-refractivity contribution in [1.29, 1.82) is 0 Å². The van der Waals surface area contributed by atoms with Crippen LogP contribution in [-0.2, 0) is 14.9 Å². The summed E-state index contributed by atoms with van der Waals surface area (Å²) in [6.07, 6.45) is -0.185. The Labute approximate surface area is 136 Å². The summed E-state index contributed by atoms with van der Waals surface area (Å²) in [7, 11) is 0. The van der Waals surface area contributed by atoms with Crippen molar-refractivity contribution in [3.63, 3.8) is 0 Å². The number of hydrogen-bond acceptors (Lipinski definition) is 3. The van der Waals surface area contributed by atoms with Crippen molar-refractivity contribution < 1.29 is 14.3 Å². The molecule has 2 aromatic carbocycles. The molecule has 114 valence electrons. The van der Waals surface area contributed by atoms with E-state index in [0.29, 0.717) is 27.1 Å². The fourth-order valence-corrected chi connectivity index (χ4v) is 3.51. The Hall–Kier alpha value is -1.90. The number of hydrogen-bond donors (Lipinski definition) is 0. The second-order valence-electron chi connectivity index (χ2n) is 4.72. The van der Waals surface area contributed by atoms with Gasteiger partial charge in [-0.1, -0.05) is 0 Å². The fourth-order valence-electron chi connectivity index (χ4n) is 1.89. The van der Waals surface area contributed by atoms with Crippen LogP contribution < -0.4 is 0 Å². The van der Waals surface area contributed by atoms with Gasteiger partial charge < -0.3 is 0 Å². The number of carbonyl (C=O) groups is 2. The molecule has 2 rings (SSSR count). The Morgan fingerprint density at radius 1 is 0.909 bits per heavy atom. The van der Waals surface area contributed by atoms with E-state index in [2.05, 4.69) is 12.1 Å². The van der Waals surface area contributed by atoms with Crippen molar-refractivity contribution in [1.82, 2.24) is 0 Å². The molecule has 0 heterocycles. The van der Waals surface area contributed by atoms with Gasteiger partial charge in [-0.25, -0.2) is 0 Å². The quantitative estimate of drug-likeness (QED) is 0.239. The van der Waals surface area contributed by atoms with Crippen LogP contribution in [0.25, 0.3) is 0 Å². The second-order valence-corrected chi connectivity index (χ2v) is 7.04. The molecule has 0 radical (unpaired) electrons. The third-order valence-corrected chi connectivity index (χ3v) is 5.09. The van der Waals surface area contributed by atoms with E-state index in [1.54, 1.807) is 24.3 Å². The standard InChI is InChI=1S/C18H18O3Se/c19-17(16-9-5-2-6-10-16)13-18(20)21-11-12-22-14-15-7-3-1-4-8-15/h1-10H,11-14H2. The number of ketones is 1. The molecule has 0 aromatic heterocycles. The molecule has 0 aliphatic heterocycles. The van der Waals surface area contributed by atoms with Crippen molar-refractivity contribution in [2.45, 2.75) is 17.1 Å². The van der Waals surface area contributed by atoms with Gasteiger partial charge in [-0.15, -0.1) is 0 Å². The molecule has 0 fully saturated rings. The van der Waals surface area contributed by atoms with E-state index < -0.39 is 5.97 Å². The van der Waals surface area contributed by atoms with Crippen LogP contribution in [0, 0.1) is 0 Å². The summed E-state index contributed by atoms with van der Waals surface area (Å²) in [5.74, 6) is -0.634. The normalized spacial score (nSPS) is 10.2. The van der Waals surface area contributed by atoms with Crippen molar-refractivity contribution in [3.8, 4) is 0 Å². The minimum atomic E-state index is -0.440. The van der Waals surface area contributed by atoms with E-state index in [-0.39, 0.29) is 12.2 Å². The van der Waals surface area contributed by atoms with Crippen LogP contribution in [0.1, 0.15) is 22.3 Å². The van der Waals surface area contributed by atoms with Crippen LogP contribution in [0.4, 0.5) is 0 Å². The van der Waals surface area contributed by atoms with E-state index in [9.17, 15) is 9.59 Å². The van der Waals surface area contributed by atoms with Gasteiger partial charge in [0, 0.05) is 0 Å². The van der Waals surface area contributed by atoms with Crippen LogP contribution in [0.2, 0.25) is 5.32 Å². The number of benzene rings is 2. The van der Waals surface area contributed by atoms with E-state index in [0.717, 1.165) is 10.6 Å². The molecular formula is C18H18O3Se. The molecule has 0 saturated carbocycles. The van der Waals surface area contributed by atoms with Crippen LogP contribution in [0.5, 0.6) is 0 Å². The van der Waals surface area contributed by atoms with Crippen molar-refractivity contribution in [3.05, 3.63) is 71.8 Å². The van der Waals surface area contributed by atoms with E-state index in [1.807, 2.05) is 24.3 Å². The summed E-state index contributed by atoms with van der Waals surface area (Å²) in [5.41, 5.74) is 1.86. The van der Waals surface area contributed by atoms with Gasteiger partial charge in [-0.2, -0.15) is 0 Å². The molecule has 0 saturated heterocycles. The van der Waals surface area contributed by atoms with Gasteiger partial charge >= 0.3 is 136 Å². The maximum atomic E-state index is 11.8. The molecule has 3 nitrogen and oxygen atoms in total. The molecule has 0 aliphatic carbocycles. The zero-order valence-corrected chi connectivity index (χ0v) is 13.9. The molecule has 0 unspecified atom stereocenters. The Bertz CT molecular complexity index is 596. The fraction of sp³-hybridized carbons (Fsp3) is 0.222. The number of esters is 1. The van der Waals surface area contributed by atoms with Gasteiger partial charge in [-0.3, -0.25) is 0 Å². The molecule has 22 heavy (non-hydrogen) atoms. The van der Waals surface area contributed by atoms with Crippen molar-refractivity contribution in [2.24, 2.45) is 0 Å². The summed E-state index contributed by atoms with van der Waals surface area (Å²) in [6, 6.07) is 19.1. The molecular weight excluding hydrogens is 343 g/mol. The topological polar surface area (TPSA) is 43.4 Å². The number of carbonyl (C=O) groups excluding carboxylic acids is 2. The zero-order valence-electron chi connectivity index (χ0n) is 12.2. The molecule has 0 aliphatic rings. The van der Waals surface area contributed by atoms with E-state index in [4.69, 9.17) is 4.74 Å². The Morgan fingerprint density at radius 2 is 1.55 bits per heavy atom. The zero-order chi connectivity index (χ0) is 15.6. The predicted molar refractivity (Wildman–Crippen MR) is 87.1 cm³/mol. The van der Waals surface area contributed by atoms with E-state index in [1.165, 1.54) is 5.56 Å². The monoisotopic (exact) mass is 362 g/mol. The average Bonchev–Trinajstić information content (AvgIpc) is 2.56. The first-order chi connectivity index (χ1) is 10.8. The molecule has 0 bridgehead atoms. The molecule has 0 atom stereocenters. The van der Waals surface area contributed by atoms with Gasteiger partial charge in [0.25, 0.3) is 0 Å². The summed E-state index contributed by atoms with van der Waals surface area (Å²) >= 11 is 0.408. The van der Waals surface area contributed by atoms with Gasteiger partial charge in [0.1, 0.15) is 0 Å². The first kappa shape index (κ1) is 16.5. The third kappa shape index (κ3) is 5.84. The van der Waals surface area contributed by atoms with Crippen LogP contribution in [0.3, 0.4) is 0 Å². The van der Waals surface area contributed by atoms with Gasteiger partial charge in [0.15, 0.2) is 0 Å². The number of ether oxygens (including phenoxy) is 1. The third-order valence-electron chi connectivity index (χ3n) is 3.00. The van der Waals surface area contributed by atoms with Gasteiger partial charge in [0.2, 0.25) is 0 Å². The summed E-state index contributed by atoms with van der Waals surface area (Å²) < 4.78 is 5.13. The number of Topliss-reactive ketones (excluding diaryl/α,β-unsaturated/α-hetero) is 1. The van der Waals surface area contributed by atoms with Crippen molar-refractivity contribution in [2.75, 3.05) is 6.61 Å². The summed E-state index contributed by atoms with van der Waals surface area (Å²) in [4.78, 5) is 23.5. The molecule has 2 aromatic rings.